The molecule has 0 saturated heterocycles. The van der Waals surface area contributed by atoms with Crippen molar-refractivity contribution in [3.63, 3.8) is 0 Å². The molecular weight excluding hydrogens is 376 g/mol. The molecule has 3 aromatic rings. The molecule has 3 rings (SSSR count). The molecule has 0 heterocycles. The van der Waals surface area contributed by atoms with Gasteiger partial charge in [-0.1, -0.05) is 57.2 Å². The van der Waals surface area contributed by atoms with E-state index in [0.717, 1.165) is 17.9 Å². The van der Waals surface area contributed by atoms with Crippen molar-refractivity contribution in [2.75, 3.05) is 20.5 Å². The van der Waals surface area contributed by atoms with Crippen LogP contribution < -0.4 is 9.47 Å². The maximum absolute atomic E-state index is 5.37. The van der Waals surface area contributed by atoms with Gasteiger partial charge in [-0.15, -0.1) is 11.8 Å². The molecule has 0 aliphatic heterocycles. The van der Waals surface area contributed by atoms with Gasteiger partial charge in [0.1, 0.15) is 11.5 Å². The summed E-state index contributed by atoms with van der Waals surface area (Å²) >= 11 is 1.76. The average molecular weight is 409 g/mol. The van der Waals surface area contributed by atoms with Crippen molar-refractivity contribution >= 4 is 11.8 Å². The van der Waals surface area contributed by atoms with E-state index < -0.39 is 0 Å². The summed E-state index contributed by atoms with van der Waals surface area (Å²) in [5.74, 6) is 1.74. The lowest BCUT2D eigenvalue weighted by Gasteiger charge is -2.35. The summed E-state index contributed by atoms with van der Waals surface area (Å²) in [7, 11) is 3.40. The first-order valence-corrected chi connectivity index (χ1v) is 11.3. The van der Waals surface area contributed by atoms with Gasteiger partial charge in [-0.3, -0.25) is 0 Å². The van der Waals surface area contributed by atoms with Gasteiger partial charge < -0.3 is 9.47 Å². The number of methoxy groups -OCH3 is 2. The van der Waals surface area contributed by atoms with Gasteiger partial charge in [0.2, 0.25) is 0 Å². The lowest BCUT2D eigenvalue weighted by molar-refractivity contribution is 0.413. The van der Waals surface area contributed by atoms with E-state index in [0.29, 0.717) is 0 Å². The third-order valence-electron chi connectivity index (χ3n) is 5.28. The van der Waals surface area contributed by atoms with E-state index in [1.165, 1.54) is 21.6 Å². The quantitative estimate of drug-likeness (QED) is 0.304. The Morgan fingerprint density at radius 2 is 1.00 bits per heavy atom. The van der Waals surface area contributed by atoms with E-state index >= 15 is 0 Å². The molecule has 3 heteroatoms. The van der Waals surface area contributed by atoms with Gasteiger partial charge in [-0.05, 0) is 65.8 Å². The minimum atomic E-state index is -0.227. The van der Waals surface area contributed by atoms with Crippen LogP contribution in [0.25, 0.3) is 0 Å². The summed E-state index contributed by atoms with van der Waals surface area (Å²) in [5, 5.41) is 0. The van der Waals surface area contributed by atoms with Crippen molar-refractivity contribution < 1.29 is 9.47 Å². The largest absolute Gasteiger partial charge is 0.497 e. The summed E-state index contributed by atoms with van der Waals surface area (Å²) in [6.45, 7) is 6.25. The highest BCUT2D eigenvalue weighted by molar-refractivity contribution is 7.98. The highest BCUT2D eigenvalue weighted by Gasteiger charge is 2.34. The standard InChI is InChI=1S/C24H26O2S.C2H6/c1-5-24(18-6-12-21(25-2)13-7-18,19-8-14-22(26-3)15-9-19)20-10-16-23(27-4)17-11-20;1-2/h6-17H,5H2,1-4H3;1-2H3. The van der Waals surface area contributed by atoms with Gasteiger partial charge in [-0.2, -0.15) is 0 Å². The number of hydrogen-bond acceptors (Lipinski definition) is 3. The third kappa shape index (κ3) is 4.79. The molecule has 0 atom stereocenters. The van der Waals surface area contributed by atoms with E-state index in [1.807, 2.05) is 38.1 Å². The van der Waals surface area contributed by atoms with Crippen molar-refractivity contribution in [2.45, 2.75) is 37.5 Å². The monoisotopic (exact) mass is 408 g/mol. The van der Waals surface area contributed by atoms with Crippen LogP contribution in [0.4, 0.5) is 0 Å². The molecule has 0 unspecified atom stereocenters. The molecule has 2 nitrogen and oxygen atoms in total. The van der Waals surface area contributed by atoms with Gasteiger partial charge >= 0.3 is 0 Å². The Balaban J connectivity index is 0.00000145. The molecular formula is C26H32O2S. The number of hydrogen-bond donors (Lipinski definition) is 0. The van der Waals surface area contributed by atoms with Crippen LogP contribution in [0.15, 0.2) is 77.7 Å². The maximum Gasteiger partial charge on any atom is 0.118 e. The maximum atomic E-state index is 5.37. The molecule has 3 aromatic carbocycles. The highest BCUT2D eigenvalue weighted by atomic mass is 32.2. The Morgan fingerprint density at radius 3 is 1.28 bits per heavy atom. The van der Waals surface area contributed by atoms with Crippen molar-refractivity contribution in [1.82, 2.24) is 0 Å². The molecule has 154 valence electrons. The van der Waals surface area contributed by atoms with Crippen LogP contribution in [0.2, 0.25) is 0 Å². The summed E-state index contributed by atoms with van der Waals surface area (Å²) in [5.41, 5.74) is 3.58. The molecule has 0 aromatic heterocycles. The number of thioether (sulfide) groups is 1. The molecule has 0 aliphatic rings. The molecule has 0 fully saturated rings. The molecule has 0 saturated carbocycles. The smallest absolute Gasteiger partial charge is 0.118 e. The van der Waals surface area contributed by atoms with Gasteiger partial charge in [-0.25, -0.2) is 0 Å². The van der Waals surface area contributed by atoms with Crippen molar-refractivity contribution in [2.24, 2.45) is 0 Å². The minimum Gasteiger partial charge on any atom is -0.497 e. The second-order valence-electron chi connectivity index (χ2n) is 6.44. The Labute approximate surface area is 180 Å². The zero-order valence-electron chi connectivity index (χ0n) is 18.4. The first kappa shape index (κ1) is 22.9. The van der Waals surface area contributed by atoms with E-state index in [-0.39, 0.29) is 5.41 Å². The molecule has 0 aliphatic carbocycles. The fraction of sp³-hybridized carbons (Fsp3) is 0.308. The first-order chi connectivity index (χ1) is 14.2. The Kier molecular flexibility index (Phi) is 8.66. The Hall–Kier alpha value is -2.39. The number of ether oxygens (including phenoxy) is 2. The lowest BCUT2D eigenvalue weighted by atomic mass is 9.68. The minimum absolute atomic E-state index is 0.227. The van der Waals surface area contributed by atoms with Crippen LogP contribution in [0.5, 0.6) is 11.5 Å². The molecule has 0 spiro atoms. The van der Waals surface area contributed by atoms with Crippen molar-refractivity contribution in [3.8, 4) is 11.5 Å². The van der Waals surface area contributed by atoms with Crippen LogP contribution >= 0.6 is 11.8 Å². The van der Waals surface area contributed by atoms with Gasteiger partial charge in [0.05, 0.1) is 14.2 Å². The molecule has 0 bridgehead atoms. The second-order valence-corrected chi connectivity index (χ2v) is 7.32. The van der Waals surface area contributed by atoms with Crippen LogP contribution in [0.1, 0.15) is 43.9 Å². The zero-order valence-corrected chi connectivity index (χ0v) is 19.2. The predicted octanol–water partition coefficient (Wildman–Crippen LogP) is 7.20. The first-order valence-electron chi connectivity index (χ1n) is 10.1. The molecule has 29 heavy (non-hydrogen) atoms. The van der Waals surface area contributed by atoms with Gasteiger partial charge in [0.25, 0.3) is 0 Å². The van der Waals surface area contributed by atoms with Gasteiger partial charge in [0.15, 0.2) is 0 Å². The summed E-state index contributed by atoms with van der Waals surface area (Å²) in [4.78, 5) is 1.27. The summed E-state index contributed by atoms with van der Waals surface area (Å²) in [6, 6.07) is 25.8. The average Bonchev–Trinajstić information content (AvgIpc) is 2.82. The van der Waals surface area contributed by atoms with E-state index in [4.69, 9.17) is 9.47 Å². The molecule has 0 N–H and O–H groups in total. The van der Waals surface area contributed by atoms with Crippen LogP contribution in [-0.4, -0.2) is 20.5 Å². The number of rotatable bonds is 7. The Bertz CT molecular complexity index is 737. The zero-order chi connectivity index (χ0) is 21.3. The van der Waals surface area contributed by atoms with Gasteiger partial charge in [0, 0.05) is 10.3 Å². The van der Waals surface area contributed by atoms with E-state index in [2.05, 4.69) is 61.7 Å². The van der Waals surface area contributed by atoms with Crippen molar-refractivity contribution in [1.29, 1.82) is 0 Å². The molecule has 0 radical (unpaired) electrons. The molecule has 0 amide bonds. The Morgan fingerprint density at radius 1 is 0.655 bits per heavy atom. The number of benzene rings is 3. The van der Waals surface area contributed by atoms with Crippen LogP contribution in [-0.2, 0) is 5.41 Å². The van der Waals surface area contributed by atoms with E-state index in [1.54, 1.807) is 26.0 Å². The fourth-order valence-electron chi connectivity index (χ4n) is 3.74. The fourth-order valence-corrected chi connectivity index (χ4v) is 4.15. The van der Waals surface area contributed by atoms with Crippen LogP contribution in [0.3, 0.4) is 0 Å². The predicted molar refractivity (Wildman–Crippen MR) is 126 cm³/mol. The normalized spacial score (nSPS) is 10.7. The second kappa shape index (κ2) is 11.0. The summed E-state index contributed by atoms with van der Waals surface area (Å²) < 4.78 is 10.7. The SMILES string of the molecule is CC.CCC(c1ccc(OC)cc1)(c1ccc(OC)cc1)c1ccc(SC)cc1. The summed E-state index contributed by atoms with van der Waals surface area (Å²) in [6.07, 6.45) is 3.05. The van der Waals surface area contributed by atoms with Crippen molar-refractivity contribution in [3.05, 3.63) is 89.5 Å². The van der Waals surface area contributed by atoms with E-state index in [9.17, 15) is 0 Å². The van der Waals surface area contributed by atoms with Crippen LogP contribution in [0, 0.1) is 0 Å². The lowest BCUT2D eigenvalue weighted by Crippen LogP contribution is -2.28. The topological polar surface area (TPSA) is 18.5 Å². The third-order valence-corrected chi connectivity index (χ3v) is 6.02. The highest BCUT2D eigenvalue weighted by Crippen LogP contribution is 2.43.